The van der Waals surface area contributed by atoms with Crippen LogP contribution >= 0.6 is 0 Å². The fraction of sp³-hybridized carbons (Fsp3) is 0.346. The Bertz CT molecular complexity index is 1050. The molecule has 0 bridgehead atoms. The quantitative estimate of drug-likeness (QED) is 0.526. The first kappa shape index (κ1) is 21.8. The van der Waals surface area contributed by atoms with Crippen LogP contribution in [0.2, 0.25) is 0 Å². The van der Waals surface area contributed by atoms with E-state index in [9.17, 15) is 9.59 Å². The third-order valence-corrected chi connectivity index (χ3v) is 6.00. The van der Waals surface area contributed by atoms with Crippen LogP contribution in [-0.2, 0) is 0 Å². The number of nitrogens with zero attached hydrogens (tertiary/aromatic N) is 2. The number of para-hydroxylation sites is 1. The maximum Gasteiger partial charge on any atom is 0.274 e. The maximum atomic E-state index is 13.5. The number of amides is 2. The number of rotatable bonds is 6. The van der Waals surface area contributed by atoms with E-state index >= 15 is 0 Å². The van der Waals surface area contributed by atoms with Crippen molar-refractivity contribution >= 4 is 17.5 Å². The average Bonchev–Trinajstić information content (AvgIpc) is 3.18. The van der Waals surface area contributed by atoms with Crippen molar-refractivity contribution in [3.05, 3.63) is 72.2 Å². The van der Waals surface area contributed by atoms with Gasteiger partial charge < -0.3 is 14.6 Å². The third kappa shape index (κ3) is 4.74. The molecular formula is C26H29N3O3. The Labute approximate surface area is 188 Å². The largest absolute Gasteiger partial charge is 0.443 e. The number of carbonyl (C=O) groups is 2. The zero-order valence-corrected chi connectivity index (χ0v) is 18.4. The van der Waals surface area contributed by atoms with E-state index in [1.54, 1.807) is 17.0 Å². The lowest BCUT2D eigenvalue weighted by atomic mass is 10.0. The molecule has 1 N–H and O–H groups in total. The average molecular weight is 432 g/mol. The van der Waals surface area contributed by atoms with Gasteiger partial charge in [-0.2, -0.15) is 0 Å². The second-order valence-corrected chi connectivity index (χ2v) is 8.12. The summed E-state index contributed by atoms with van der Waals surface area (Å²) in [5.74, 6) is -0.0803. The van der Waals surface area contributed by atoms with Gasteiger partial charge in [-0.05, 0) is 38.0 Å². The number of hydrogen-bond donors (Lipinski definition) is 1. The molecule has 2 aromatic carbocycles. The molecule has 1 aliphatic rings. The maximum absolute atomic E-state index is 13.5. The van der Waals surface area contributed by atoms with Crippen LogP contribution in [0.1, 0.15) is 66.3 Å². The molecule has 1 aromatic heterocycles. The fourth-order valence-electron chi connectivity index (χ4n) is 4.34. The lowest BCUT2D eigenvalue weighted by Gasteiger charge is -2.22. The Morgan fingerprint density at radius 2 is 1.69 bits per heavy atom. The highest BCUT2D eigenvalue weighted by atomic mass is 16.3. The summed E-state index contributed by atoms with van der Waals surface area (Å²) in [7, 11) is 0. The zero-order chi connectivity index (χ0) is 22.3. The molecule has 6 heteroatoms. The first-order valence-electron chi connectivity index (χ1n) is 11.4. The monoisotopic (exact) mass is 431 g/mol. The molecule has 0 aliphatic heterocycles. The van der Waals surface area contributed by atoms with Crippen molar-refractivity contribution in [3.63, 3.8) is 0 Å². The molecule has 0 unspecified atom stereocenters. The van der Waals surface area contributed by atoms with E-state index in [0.717, 1.165) is 31.4 Å². The number of oxazole rings is 1. The van der Waals surface area contributed by atoms with E-state index in [1.807, 2.05) is 49.4 Å². The topological polar surface area (TPSA) is 75.4 Å². The summed E-state index contributed by atoms with van der Waals surface area (Å²) in [6, 6.07) is 16.9. The molecule has 3 aromatic rings. The van der Waals surface area contributed by atoms with Gasteiger partial charge in [0.2, 0.25) is 0 Å². The summed E-state index contributed by atoms with van der Waals surface area (Å²) in [4.78, 5) is 32.4. The molecule has 1 aliphatic carbocycles. The van der Waals surface area contributed by atoms with E-state index < -0.39 is 0 Å². The number of carbonyl (C=O) groups excluding carboxylic acids is 2. The fourth-order valence-corrected chi connectivity index (χ4v) is 4.34. The van der Waals surface area contributed by atoms with Crippen molar-refractivity contribution in [1.29, 1.82) is 0 Å². The molecule has 2 amide bonds. The van der Waals surface area contributed by atoms with Gasteiger partial charge >= 0.3 is 0 Å². The SMILES string of the molecule is CCN(C(=O)c1ccccc1-c1ocnc1C(=O)NC1CCCCCC1)c1ccccc1. The zero-order valence-electron chi connectivity index (χ0n) is 18.4. The van der Waals surface area contributed by atoms with Gasteiger partial charge in [0.05, 0.1) is 5.56 Å². The van der Waals surface area contributed by atoms with Crippen LogP contribution in [0.4, 0.5) is 5.69 Å². The van der Waals surface area contributed by atoms with Gasteiger partial charge in [-0.15, -0.1) is 0 Å². The third-order valence-electron chi connectivity index (χ3n) is 6.00. The Morgan fingerprint density at radius 1 is 1.00 bits per heavy atom. The molecule has 1 saturated carbocycles. The normalized spacial score (nSPS) is 14.5. The summed E-state index contributed by atoms with van der Waals surface area (Å²) >= 11 is 0. The van der Waals surface area contributed by atoms with Crippen LogP contribution in [0.5, 0.6) is 0 Å². The molecule has 0 radical (unpaired) electrons. The van der Waals surface area contributed by atoms with Gasteiger partial charge in [0.1, 0.15) is 0 Å². The van der Waals surface area contributed by atoms with Crippen LogP contribution in [0.25, 0.3) is 11.3 Å². The molecule has 1 heterocycles. The van der Waals surface area contributed by atoms with Crippen molar-refractivity contribution in [2.45, 2.75) is 51.5 Å². The summed E-state index contributed by atoms with van der Waals surface area (Å²) in [5.41, 5.74) is 2.07. The van der Waals surface area contributed by atoms with Crippen LogP contribution in [0.15, 0.2) is 65.4 Å². The second kappa shape index (κ2) is 10.3. The van der Waals surface area contributed by atoms with E-state index in [1.165, 1.54) is 19.2 Å². The first-order chi connectivity index (χ1) is 15.7. The lowest BCUT2D eigenvalue weighted by Crippen LogP contribution is -2.35. The van der Waals surface area contributed by atoms with Crippen LogP contribution in [-0.4, -0.2) is 29.4 Å². The van der Waals surface area contributed by atoms with Crippen LogP contribution in [0, 0.1) is 0 Å². The summed E-state index contributed by atoms with van der Waals surface area (Å²) in [6.45, 7) is 2.45. The van der Waals surface area contributed by atoms with Gasteiger partial charge in [-0.3, -0.25) is 9.59 Å². The van der Waals surface area contributed by atoms with Crippen LogP contribution in [0.3, 0.4) is 0 Å². The van der Waals surface area contributed by atoms with Crippen molar-refractivity contribution in [2.75, 3.05) is 11.4 Å². The number of benzene rings is 2. The van der Waals surface area contributed by atoms with Gasteiger partial charge in [0.25, 0.3) is 11.8 Å². The predicted octanol–water partition coefficient (Wildman–Crippen LogP) is 5.46. The van der Waals surface area contributed by atoms with Crippen LogP contribution < -0.4 is 10.2 Å². The van der Waals surface area contributed by atoms with E-state index in [4.69, 9.17) is 4.42 Å². The highest BCUT2D eigenvalue weighted by Gasteiger charge is 2.26. The predicted molar refractivity (Wildman–Crippen MR) is 125 cm³/mol. The smallest absolute Gasteiger partial charge is 0.274 e. The number of aromatic nitrogens is 1. The number of anilines is 1. The van der Waals surface area contributed by atoms with E-state index in [-0.39, 0.29) is 23.6 Å². The van der Waals surface area contributed by atoms with Crippen molar-refractivity contribution in [2.24, 2.45) is 0 Å². The number of nitrogens with one attached hydrogen (secondary N) is 1. The summed E-state index contributed by atoms with van der Waals surface area (Å²) in [6.07, 6.45) is 7.92. The highest BCUT2D eigenvalue weighted by molar-refractivity contribution is 6.11. The Hall–Kier alpha value is -3.41. The Balaban J connectivity index is 1.63. The van der Waals surface area contributed by atoms with Gasteiger partial charge in [0.15, 0.2) is 17.8 Å². The molecule has 0 spiro atoms. The minimum atomic E-state index is -0.252. The molecule has 4 rings (SSSR count). The molecule has 0 atom stereocenters. The minimum absolute atomic E-state index is 0.152. The van der Waals surface area contributed by atoms with Gasteiger partial charge in [0, 0.05) is 23.8 Å². The van der Waals surface area contributed by atoms with Crippen molar-refractivity contribution in [3.8, 4) is 11.3 Å². The van der Waals surface area contributed by atoms with Crippen molar-refractivity contribution < 1.29 is 14.0 Å². The lowest BCUT2D eigenvalue weighted by molar-refractivity contribution is 0.0927. The molecule has 32 heavy (non-hydrogen) atoms. The van der Waals surface area contributed by atoms with Crippen molar-refractivity contribution in [1.82, 2.24) is 10.3 Å². The Morgan fingerprint density at radius 3 is 2.41 bits per heavy atom. The molecule has 0 saturated heterocycles. The summed E-state index contributed by atoms with van der Waals surface area (Å²) < 4.78 is 5.65. The minimum Gasteiger partial charge on any atom is -0.443 e. The Kier molecular flexibility index (Phi) is 7.00. The molecule has 6 nitrogen and oxygen atoms in total. The molecular weight excluding hydrogens is 402 g/mol. The van der Waals surface area contributed by atoms with E-state index in [2.05, 4.69) is 10.3 Å². The number of hydrogen-bond acceptors (Lipinski definition) is 4. The molecule has 1 fully saturated rings. The summed E-state index contributed by atoms with van der Waals surface area (Å²) in [5, 5.41) is 3.12. The van der Waals surface area contributed by atoms with Gasteiger partial charge in [-0.25, -0.2) is 4.98 Å². The second-order valence-electron chi connectivity index (χ2n) is 8.12. The standard InChI is InChI=1S/C26H29N3O3/c1-2-29(20-14-8-5-9-15-20)26(31)22-17-11-10-16-21(22)24-23(27-18-32-24)25(30)28-19-12-6-3-4-7-13-19/h5,8-11,14-19H,2-4,6-7,12-13H2,1H3,(H,28,30). The van der Waals surface area contributed by atoms with Gasteiger partial charge in [-0.1, -0.05) is 62.1 Å². The highest BCUT2D eigenvalue weighted by Crippen LogP contribution is 2.29. The molecule has 166 valence electrons. The first-order valence-corrected chi connectivity index (χ1v) is 11.4. The van der Waals surface area contributed by atoms with E-state index in [0.29, 0.717) is 23.4 Å².